The van der Waals surface area contributed by atoms with E-state index >= 15 is 0 Å². The van der Waals surface area contributed by atoms with Crippen LogP contribution in [0.15, 0.2) is 54.7 Å². The van der Waals surface area contributed by atoms with E-state index in [1.165, 1.54) is 0 Å². The molecule has 33 heavy (non-hydrogen) atoms. The third kappa shape index (κ3) is 4.41. The van der Waals surface area contributed by atoms with Gasteiger partial charge in [0.25, 0.3) is 0 Å². The zero-order valence-electron chi connectivity index (χ0n) is 19.5. The molecule has 4 aromatic rings. The van der Waals surface area contributed by atoms with Crippen LogP contribution in [0.5, 0.6) is 5.75 Å². The van der Waals surface area contributed by atoms with E-state index in [4.69, 9.17) is 0 Å². The van der Waals surface area contributed by atoms with Crippen molar-refractivity contribution in [2.75, 3.05) is 5.32 Å². The summed E-state index contributed by atoms with van der Waals surface area (Å²) in [6.07, 6.45) is 3.81. The fraction of sp³-hybridized carbons (Fsp3) is 0.346. The lowest BCUT2D eigenvalue weighted by atomic mass is 9.79. The van der Waals surface area contributed by atoms with Gasteiger partial charge in [0.2, 0.25) is 0 Å². The van der Waals surface area contributed by atoms with Crippen molar-refractivity contribution < 1.29 is 5.11 Å². The van der Waals surface area contributed by atoms with Gasteiger partial charge in [0.05, 0.1) is 17.4 Å². The van der Waals surface area contributed by atoms with E-state index in [0.29, 0.717) is 17.3 Å². The summed E-state index contributed by atoms with van der Waals surface area (Å²) in [6.45, 7) is 8.93. The minimum absolute atomic E-state index is 0.0564. The minimum Gasteiger partial charge on any atom is -0.507 e. The van der Waals surface area contributed by atoms with Crippen LogP contribution in [-0.2, 0) is 0 Å². The van der Waals surface area contributed by atoms with Crippen molar-refractivity contribution in [1.29, 1.82) is 0 Å². The monoisotopic (exact) mass is 442 g/mol. The molecule has 7 heteroatoms. The summed E-state index contributed by atoms with van der Waals surface area (Å²) < 4.78 is 0. The van der Waals surface area contributed by atoms with Gasteiger partial charge in [-0.1, -0.05) is 24.3 Å². The Morgan fingerprint density at radius 1 is 0.939 bits per heavy atom. The number of rotatable bonds is 4. The highest BCUT2D eigenvalue weighted by Gasteiger charge is 2.37. The average molecular weight is 443 g/mol. The molecular formula is C26H30N6O. The summed E-state index contributed by atoms with van der Waals surface area (Å²) in [7, 11) is 0. The molecule has 170 valence electrons. The van der Waals surface area contributed by atoms with Crippen molar-refractivity contribution in [2.45, 2.75) is 57.7 Å². The van der Waals surface area contributed by atoms with Gasteiger partial charge in [-0.15, -0.1) is 10.2 Å². The summed E-state index contributed by atoms with van der Waals surface area (Å²) in [6, 6.07) is 15.8. The number of piperidine rings is 1. The predicted octanol–water partition coefficient (Wildman–Crippen LogP) is 5.11. The molecule has 4 N–H and O–H groups in total. The second-order valence-electron chi connectivity index (χ2n) is 10.3. The number of fused-ring (bicyclic) bond motifs is 1. The molecule has 0 amide bonds. The van der Waals surface area contributed by atoms with Gasteiger partial charge in [0.15, 0.2) is 0 Å². The highest BCUT2D eigenvalue weighted by atomic mass is 16.3. The van der Waals surface area contributed by atoms with Crippen LogP contribution >= 0.6 is 0 Å². The van der Waals surface area contributed by atoms with Crippen LogP contribution < -0.4 is 10.6 Å². The van der Waals surface area contributed by atoms with E-state index in [1.807, 2.05) is 42.5 Å². The Labute approximate surface area is 193 Å². The Balaban J connectivity index is 1.36. The molecule has 0 spiro atoms. The van der Waals surface area contributed by atoms with Gasteiger partial charge >= 0.3 is 0 Å². The van der Waals surface area contributed by atoms with Crippen molar-refractivity contribution in [3.8, 4) is 28.1 Å². The van der Waals surface area contributed by atoms with E-state index in [2.05, 4.69) is 58.7 Å². The van der Waals surface area contributed by atoms with Crippen molar-refractivity contribution in [3.63, 3.8) is 0 Å². The first-order valence-corrected chi connectivity index (χ1v) is 11.3. The molecule has 1 aliphatic rings. The molecule has 3 heterocycles. The molecule has 7 nitrogen and oxygen atoms in total. The van der Waals surface area contributed by atoms with Crippen LogP contribution in [0.1, 0.15) is 40.5 Å². The Morgan fingerprint density at radius 2 is 1.73 bits per heavy atom. The normalized spacial score (nSPS) is 17.8. The number of aromatic amines is 1. The lowest BCUT2D eigenvalue weighted by Crippen LogP contribution is -2.60. The van der Waals surface area contributed by atoms with E-state index in [0.717, 1.165) is 40.7 Å². The number of nitrogens with one attached hydrogen (secondary N) is 3. The van der Waals surface area contributed by atoms with Crippen LogP contribution in [0.25, 0.3) is 33.3 Å². The molecule has 2 aromatic heterocycles. The summed E-state index contributed by atoms with van der Waals surface area (Å²) in [4.78, 5) is 0. The number of hydrogen-bond acceptors (Lipinski definition) is 6. The number of benzene rings is 2. The van der Waals surface area contributed by atoms with Crippen LogP contribution in [0.3, 0.4) is 0 Å². The molecule has 0 aliphatic carbocycles. The van der Waals surface area contributed by atoms with E-state index in [-0.39, 0.29) is 16.8 Å². The SMILES string of the molecule is CC1(C)CC(Nc2ccc(-c3ccc(-c4cccc5cn[nH]c45)cc3O)nn2)CC(C)(C)N1. The summed E-state index contributed by atoms with van der Waals surface area (Å²) >= 11 is 0. The molecule has 0 atom stereocenters. The maximum Gasteiger partial charge on any atom is 0.148 e. The van der Waals surface area contributed by atoms with Crippen molar-refractivity contribution in [1.82, 2.24) is 25.7 Å². The fourth-order valence-corrected chi connectivity index (χ4v) is 5.31. The molecule has 1 saturated heterocycles. The first-order chi connectivity index (χ1) is 15.7. The summed E-state index contributed by atoms with van der Waals surface area (Å²) in [5.41, 5.74) is 4.25. The zero-order valence-corrected chi connectivity index (χ0v) is 19.5. The maximum atomic E-state index is 10.8. The minimum atomic E-state index is 0.0564. The number of aromatic nitrogens is 4. The lowest BCUT2D eigenvalue weighted by Gasteiger charge is -2.46. The number of anilines is 1. The molecule has 2 aromatic carbocycles. The smallest absolute Gasteiger partial charge is 0.148 e. The molecule has 1 aliphatic heterocycles. The number of phenols is 1. The van der Waals surface area contributed by atoms with Gasteiger partial charge in [0, 0.05) is 33.6 Å². The van der Waals surface area contributed by atoms with Gasteiger partial charge in [-0.05, 0) is 70.4 Å². The zero-order chi connectivity index (χ0) is 23.2. The number of para-hydroxylation sites is 1. The molecule has 1 fully saturated rings. The fourth-order valence-electron chi connectivity index (χ4n) is 5.31. The Bertz CT molecular complexity index is 1280. The molecule has 0 bridgehead atoms. The highest BCUT2D eigenvalue weighted by molar-refractivity contribution is 5.94. The number of aromatic hydroxyl groups is 1. The van der Waals surface area contributed by atoms with Gasteiger partial charge in [-0.25, -0.2) is 0 Å². The summed E-state index contributed by atoms with van der Waals surface area (Å²) in [5.74, 6) is 0.917. The van der Waals surface area contributed by atoms with Crippen LogP contribution in [0, 0.1) is 0 Å². The maximum absolute atomic E-state index is 10.8. The van der Waals surface area contributed by atoms with E-state index in [1.54, 1.807) is 12.3 Å². The van der Waals surface area contributed by atoms with Crippen molar-refractivity contribution in [3.05, 3.63) is 54.7 Å². The van der Waals surface area contributed by atoms with Crippen molar-refractivity contribution >= 4 is 16.7 Å². The molecule has 5 rings (SSSR count). The van der Waals surface area contributed by atoms with Crippen LogP contribution in [0.4, 0.5) is 5.82 Å². The quantitative estimate of drug-likeness (QED) is 0.350. The highest BCUT2D eigenvalue weighted by Crippen LogP contribution is 2.35. The topological polar surface area (TPSA) is 98.8 Å². The predicted molar refractivity (Wildman–Crippen MR) is 132 cm³/mol. The van der Waals surface area contributed by atoms with Gasteiger partial charge in [0.1, 0.15) is 11.6 Å². The van der Waals surface area contributed by atoms with Gasteiger partial charge in [-0.3, -0.25) is 5.10 Å². The number of phenolic OH excluding ortho intramolecular Hbond substituents is 1. The summed E-state index contributed by atoms with van der Waals surface area (Å²) in [5, 5.41) is 35.0. The van der Waals surface area contributed by atoms with Gasteiger partial charge < -0.3 is 15.7 Å². The van der Waals surface area contributed by atoms with E-state index in [9.17, 15) is 5.11 Å². The van der Waals surface area contributed by atoms with Crippen LogP contribution in [0.2, 0.25) is 0 Å². The number of nitrogens with zero attached hydrogens (tertiary/aromatic N) is 3. The largest absolute Gasteiger partial charge is 0.507 e. The Kier molecular flexibility index (Phi) is 5.09. The second kappa shape index (κ2) is 7.85. The number of H-pyrrole nitrogens is 1. The first kappa shape index (κ1) is 21.4. The lowest BCUT2D eigenvalue weighted by molar-refractivity contribution is 0.170. The molecule has 0 radical (unpaired) electrons. The first-order valence-electron chi connectivity index (χ1n) is 11.3. The third-order valence-corrected chi connectivity index (χ3v) is 6.27. The molecule has 0 unspecified atom stereocenters. The standard InChI is InChI=1S/C26H30N6O/c1-25(2)13-18(14-26(3,4)32-25)28-23-11-10-21(29-30-23)20-9-8-16(12-22(20)33)19-7-5-6-17-15-27-31-24(17)19/h5-12,15,18,32-33H,13-14H2,1-4H3,(H,27,31)(H,28,30). The molecule has 0 saturated carbocycles. The van der Waals surface area contributed by atoms with Crippen LogP contribution in [-0.4, -0.2) is 42.6 Å². The average Bonchev–Trinajstić information content (AvgIpc) is 3.21. The van der Waals surface area contributed by atoms with Crippen molar-refractivity contribution in [2.24, 2.45) is 0 Å². The van der Waals surface area contributed by atoms with Gasteiger partial charge in [-0.2, -0.15) is 5.10 Å². The number of hydrogen-bond donors (Lipinski definition) is 4. The van der Waals surface area contributed by atoms with E-state index < -0.39 is 0 Å². The Morgan fingerprint density at radius 3 is 2.42 bits per heavy atom. The Hall–Kier alpha value is -3.45. The third-order valence-electron chi connectivity index (χ3n) is 6.27. The molecular weight excluding hydrogens is 412 g/mol. The second-order valence-corrected chi connectivity index (χ2v) is 10.3.